The van der Waals surface area contributed by atoms with Crippen molar-refractivity contribution in [2.45, 2.75) is 18.9 Å². The van der Waals surface area contributed by atoms with Crippen LogP contribution in [0.15, 0.2) is 41.8 Å². The van der Waals surface area contributed by atoms with Crippen molar-refractivity contribution < 1.29 is 14.6 Å². The van der Waals surface area contributed by atoms with Gasteiger partial charge in [-0.3, -0.25) is 0 Å². The molecule has 0 saturated heterocycles. The van der Waals surface area contributed by atoms with Gasteiger partial charge in [-0.15, -0.1) is 11.3 Å². The zero-order valence-corrected chi connectivity index (χ0v) is 15.0. The van der Waals surface area contributed by atoms with Gasteiger partial charge in [0.25, 0.3) is 0 Å². The van der Waals surface area contributed by atoms with Crippen LogP contribution in [0.1, 0.15) is 29.3 Å². The van der Waals surface area contributed by atoms with Gasteiger partial charge in [0.05, 0.1) is 19.8 Å². The number of benzene rings is 1. The number of aliphatic hydroxyl groups excluding tert-OH is 1. The first-order chi connectivity index (χ1) is 11.6. The van der Waals surface area contributed by atoms with Crippen molar-refractivity contribution in [3.63, 3.8) is 0 Å². The molecule has 2 N–H and O–H groups in total. The van der Waals surface area contributed by atoms with E-state index in [1.807, 2.05) is 35.7 Å². The third kappa shape index (κ3) is 4.49. The Morgan fingerprint density at radius 3 is 2.58 bits per heavy atom. The summed E-state index contributed by atoms with van der Waals surface area (Å²) < 4.78 is 5.14. The Kier molecular flexibility index (Phi) is 6.63. The maximum Gasteiger partial charge on any atom is 0.317 e. The van der Waals surface area contributed by atoms with Gasteiger partial charge in [-0.2, -0.15) is 0 Å². The van der Waals surface area contributed by atoms with Crippen LogP contribution in [0.25, 0.3) is 0 Å². The Labute approximate surface area is 146 Å². The van der Waals surface area contributed by atoms with Crippen molar-refractivity contribution in [1.82, 2.24) is 10.2 Å². The van der Waals surface area contributed by atoms with E-state index in [2.05, 4.69) is 18.3 Å². The molecule has 1 aromatic carbocycles. The van der Waals surface area contributed by atoms with Crippen molar-refractivity contribution >= 4 is 17.4 Å². The number of nitrogens with zero attached hydrogens (tertiary/aromatic N) is 1. The summed E-state index contributed by atoms with van der Waals surface area (Å²) in [4.78, 5) is 15.2. The van der Waals surface area contributed by atoms with Crippen LogP contribution in [-0.4, -0.2) is 43.3 Å². The number of amides is 2. The summed E-state index contributed by atoms with van der Waals surface area (Å²) in [6.07, 6.45) is 0. The van der Waals surface area contributed by atoms with Crippen molar-refractivity contribution in [1.29, 1.82) is 0 Å². The monoisotopic (exact) mass is 348 g/mol. The predicted octanol–water partition coefficient (Wildman–Crippen LogP) is 3.24. The highest BCUT2D eigenvalue weighted by atomic mass is 32.1. The zero-order valence-electron chi connectivity index (χ0n) is 14.2. The summed E-state index contributed by atoms with van der Waals surface area (Å²) in [5.41, 5.74) is 0.863. The zero-order chi connectivity index (χ0) is 17.5. The molecule has 0 aliphatic rings. The van der Waals surface area contributed by atoms with E-state index in [9.17, 15) is 9.90 Å². The number of likely N-dealkylation sites (N-methyl/N-ethyl adjacent to an activating group) is 1. The molecule has 130 valence electrons. The first-order valence-electron chi connectivity index (χ1n) is 7.85. The van der Waals surface area contributed by atoms with Gasteiger partial charge >= 0.3 is 6.03 Å². The lowest BCUT2D eigenvalue weighted by molar-refractivity contribution is 0.149. The second-order valence-corrected chi connectivity index (χ2v) is 6.66. The van der Waals surface area contributed by atoms with E-state index in [1.54, 1.807) is 25.5 Å². The Bertz CT molecular complexity index is 628. The van der Waals surface area contributed by atoms with Crippen LogP contribution >= 0.6 is 11.3 Å². The van der Waals surface area contributed by atoms with Crippen LogP contribution in [0.3, 0.4) is 0 Å². The molecule has 1 aromatic heterocycles. The minimum Gasteiger partial charge on any atom is -0.497 e. The van der Waals surface area contributed by atoms with Crippen LogP contribution in [0, 0.1) is 0 Å². The third-order valence-electron chi connectivity index (χ3n) is 4.05. The molecule has 2 aromatic rings. The molecular formula is C18H24N2O3S. The van der Waals surface area contributed by atoms with Gasteiger partial charge in [0.1, 0.15) is 5.75 Å². The van der Waals surface area contributed by atoms with E-state index in [4.69, 9.17) is 4.74 Å². The van der Waals surface area contributed by atoms with Gasteiger partial charge in [0, 0.05) is 24.4 Å². The largest absolute Gasteiger partial charge is 0.497 e. The number of thiophene rings is 1. The summed E-state index contributed by atoms with van der Waals surface area (Å²) in [6, 6.07) is 10.8. The van der Waals surface area contributed by atoms with E-state index in [1.165, 1.54) is 9.78 Å². The second-order valence-electron chi connectivity index (χ2n) is 5.68. The van der Waals surface area contributed by atoms with Gasteiger partial charge in [-0.05, 0) is 29.1 Å². The number of aliphatic hydroxyl groups is 1. The van der Waals surface area contributed by atoms with Crippen LogP contribution in [-0.2, 0) is 0 Å². The first-order valence-corrected chi connectivity index (χ1v) is 8.73. The lowest BCUT2D eigenvalue weighted by Gasteiger charge is -2.28. The number of nitrogens with one attached hydrogen (secondary N) is 1. The maximum atomic E-state index is 12.4. The second kappa shape index (κ2) is 8.70. The normalized spacial score (nSPS) is 13.2. The number of carbonyl (C=O) groups is 1. The molecule has 2 rings (SSSR count). The SMILES string of the molecule is COc1ccc(C(CO)N(C)C(=O)NCC(C)c2cccs2)cc1. The number of hydrogen-bond acceptors (Lipinski definition) is 4. The highest BCUT2D eigenvalue weighted by Gasteiger charge is 2.21. The molecule has 5 nitrogen and oxygen atoms in total. The summed E-state index contributed by atoms with van der Waals surface area (Å²) >= 11 is 1.69. The van der Waals surface area contributed by atoms with E-state index < -0.39 is 6.04 Å². The summed E-state index contributed by atoms with van der Waals surface area (Å²) in [7, 11) is 3.29. The fourth-order valence-corrected chi connectivity index (χ4v) is 3.24. The molecule has 0 fully saturated rings. The highest BCUT2D eigenvalue weighted by Crippen LogP contribution is 2.23. The predicted molar refractivity (Wildman–Crippen MR) is 96.7 cm³/mol. The summed E-state index contributed by atoms with van der Waals surface area (Å²) in [5, 5.41) is 14.7. The average Bonchev–Trinajstić information content (AvgIpc) is 3.15. The molecular weight excluding hydrogens is 324 g/mol. The van der Waals surface area contributed by atoms with Crippen molar-refractivity contribution in [3.8, 4) is 5.75 Å². The standard InChI is InChI=1S/C18H24N2O3S/c1-13(17-5-4-10-24-17)11-19-18(22)20(2)16(12-21)14-6-8-15(23-3)9-7-14/h4-10,13,16,21H,11-12H2,1-3H3,(H,19,22). The minimum atomic E-state index is -0.395. The number of hydrogen-bond donors (Lipinski definition) is 2. The van der Waals surface area contributed by atoms with Gasteiger partial charge < -0.3 is 20.1 Å². The Morgan fingerprint density at radius 1 is 1.33 bits per heavy atom. The molecule has 0 radical (unpaired) electrons. The van der Waals surface area contributed by atoms with Gasteiger partial charge in [0.15, 0.2) is 0 Å². The maximum absolute atomic E-state index is 12.4. The lowest BCUT2D eigenvalue weighted by atomic mass is 10.1. The average molecular weight is 348 g/mol. The molecule has 2 unspecified atom stereocenters. The smallest absolute Gasteiger partial charge is 0.317 e. The van der Waals surface area contributed by atoms with Crippen LogP contribution in [0.2, 0.25) is 0 Å². The Balaban J connectivity index is 1.96. The number of urea groups is 1. The minimum absolute atomic E-state index is 0.142. The topological polar surface area (TPSA) is 61.8 Å². The molecule has 6 heteroatoms. The number of ether oxygens (including phenoxy) is 1. The highest BCUT2D eigenvalue weighted by molar-refractivity contribution is 7.10. The molecule has 0 aliphatic carbocycles. The molecule has 0 spiro atoms. The van der Waals surface area contributed by atoms with E-state index in [0.29, 0.717) is 6.54 Å². The van der Waals surface area contributed by atoms with E-state index in [0.717, 1.165) is 11.3 Å². The lowest BCUT2D eigenvalue weighted by Crippen LogP contribution is -2.42. The third-order valence-corrected chi connectivity index (χ3v) is 5.15. The van der Waals surface area contributed by atoms with Crippen molar-refractivity contribution in [2.24, 2.45) is 0 Å². The molecule has 0 saturated carbocycles. The molecule has 1 heterocycles. The van der Waals surface area contributed by atoms with Gasteiger partial charge in [-0.25, -0.2) is 4.79 Å². The van der Waals surface area contributed by atoms with Gasteiger partial charge in [-0.1, -0.05) is 25.1 Å². The van der Waals surface area contributed by atoms with Crippen LogP contribution in [0.5, 0.6) is 5.75 Å². The van der Waals surface area contributed by atoms with Crippen LogP contribution < -0.4 is 10.1 Å². The van der Waals surface area contributed by atoms with Crippen LogP contribution in [0.4, 0.5) is 4.79 Å². The summed E-state index contributed by atoms with van der Waals surface area (Å²) in [6.45, 7) is 2.50. The Morgan fingerprint density at radius 2 is 2.04 bits per heavy atom. The molecule has 0 bridgehead atoms. The fraction of sp³-hybridized carbons (Fsp3) is 0.389. The molecule has 2 atom stereocenters. The number of rotatable bonds is 7. The quantitative estimate of drug-likeness (QED) is 0.807. The fourth-order valence-electron chi connectivity index (χ4n) is 2.46. The van der Waals surface area contributed by atoms with Gasteiger partial charge in [0.2, 0.25) is 0 Å². The Hall–Kier alpha value is -2.05. The van der Waals surface area contributed by atoms with E-state index in [-0.39, 0.29) is 18.6 Å². The van der Waals surface area contributed by atoms with E-state index >= 15 is 0 Å². The first kappa shape index (κ1) is 18.3. The molecule has 2 amide bonds. The summed E-state index contributed by atoms with van der Waals surface area (Å²) in [5.74, 6) is 1.00. The van der Waals surface area contributed by atoms with Crippen molar-refractivity contribution in [2.75, 3.05) is 27.3 Å². The van der Waals surface area contributed by atoms with Crippen molar-refractivity contribution in [3.05, 3.63) is 52.2 Å². The number of carbonyl (C=O) groups excluding carboxylic acids is 1. The number of methoxy groups -OCH3 is 1. The molecule has 24 heavy (non-hydrogen) atoms. The molecule has 0 aliphatic heterocycles.